The Labute approximate surface area is 131 Å². The Balaban J connectivity index is 1.75. The van der Waals surface area contributed by atoms with Crippen LogP contribution >= 0.6 is 0 Å². The van der Waals surface area contributed by atoms with Crippen LogP contribution in [0.1, 0.15) is 12.5 Å². The van der Waals surface area contributed by atoms with Crippen molar-refractivity contribution in [1.82, 2.24) is 0 Å². The lowest BCUT2D eigenvalue weighted by Crippen LogP contribution is -1.99. The van der Waals surface area contributed by atoms with Crippen molar-refractivity contribution in [2.45, 2.75) is 6.92 Å². The van der Waals surface area contributed by atoms with Gasteiger partial charge in [-0.15, -0.1) is 0 Å². The fourth-order valence-corrected chi connectivity index (χ4v) is 2.26. The van der Waals surface area contributed by atoms with Crippen LogP contribution in [0, 0.1) is 0 Å². The number of anilines is 1. The largest absolute Gasteiger partial charge is 0.278 e. The molecule has 0 amide bonds. The second-order valence-corrected chi connectivity index (χ2v) is 5.12. The van der Waals surface area contributed by atoms with Crippen molar-refractivity contribution >= 4 is 11.4 Å². The Kier molecular flexibility index (Phi) is 4.30. The van der Waals surface area contributed by atoms with E-state index in [0.29, 0.717) is 0 Å². The zero-order chi connectivity index (χ0) is 15.2. The normalized spacial score (nSPS) is 11.2. The number of nitrogens with zero attached hydrogens (tertiary/aromatic N) is 1. The van der Waals surface area contributed by atoms with E-state index in [9.17, 15) is 0 Å². The van der Waals surface area contributed by atoms with E-state index >= 15 is 0 Å². The molecule has 0 unspecified atom stereocenters. The number of benzene rings is 3. The molecule has 0 heterocycles. The van der Waals surface area contributed by atoms with Gasteiger partial charge in [-0.25, -0.2) is 0 Å². The molecule has 0 bridgehead atoms. The molecule has 3 aromatic rings. The van der Waals surface area contributed by atoms with Crippen LogP contribution in [0.25, 0.3) is 11.1 Å². The molecular weight excluding hydrogens is 268 g/mol. The lowest BCUT2D eigenvalue weighted by Gasteiger charge is -2.05. The van der Waals surface area contributed by atoms with E-state index in [-0.39, 0.29) is 0 Å². The minimum atomic E-state index is 0.962. The maximum absolute atomic E-state index is 4.43. The molecule has 3 rings (SSSR count). The number of hydrazone groups is 1. The van der Waals surface area contributed by atoms with E-state index in [4.69, 9.17) is 0 Å². The number of hydrogen-bond acceptors (Lipinski definition) is 2. The molecule has 1 N–H and O–H groups in total. The first kappa shape index (κ1) is 14.1. The fourth-order valence-electron chi connectivity index (χ4n) is 2.26. The van der Waals surface area contributed by atoms with Crippen molar-refractivity contribution in [1.29, 1.82) is 0 Å². The molecule has 0 atom stereocenters. The summed E-state index contributed by atoms with van der Waals surface area (Å²) >= 11 is 0. The first-order chi connectivity index (χ1) is 10.8. The summed E-state index contributed by atoms with van der Waals surface area (Å²) < 4.78 is 0. The summed E-state index contributed by atoms with van der Waals surface area (Å²) in [5.41, 5.74) is 8.59. The number of hydrogen-bond donors (Lipinski definition) is 1. The average Bonchev–Trinajstić information content (AvgIpc) is 2.61. The minimum absolute atomic E-state index is 0.962. The van der Waals surface area contributed by atoms with E-state index in [2.05, 4.69) is 59.1 Å². The van der Waals surface area contributed by atoms with Gasteiger partial charge in [-0.2, -0.15) is 5.10 Å². The monoisotopic (exact) mass is 286 g/mol. The fraction of sp³-hybridized carbons (Fsp3) is 0.0500. The summed E-state index contributed by atoms with van der Waals surface area (Å²) in [5, 5.41) is 4.43. The van der Waals surface area contributed by atoms with Crippen molar-refractivity contribution in [2.24, 2.45) is 5.10 Å². The van der Waals surface area contributed by atoms with Gasteiger partial charge < -0.3 is 0 Å². The van der Waals surface area contributed by atoms with Crippen molar-refractivity contribution in [3.63, 3.8) is 0 Å². The average molecular weight is 286 g/mol. The predicted molar refractivity (Wildman–Crippen MR) is 94.2 cm³/mol. The molecule has 0 saturated carbocycles. The van der Waals surface area contributed by atoms with Crippen LogP contribution in [0.5, 0.6) is 0 Å². The number of rotatable bonds is 4. The smallest absolute Gasteiger partial charge is 0.0648 e. The highest BCUT2D eigenvalue weighted by Crippen LogP contribution is 2.19. The summed E-state index contributed by atoms with van der Waals surface area (Å²) in [6.07, 6.45) is 0. The van der Waals surface area contributed by atoms with Crippen LogP contribution in [-0.4, -0.2) is 5.71 Å². The van der Waals surface area contributed by atoms with Gasteiger partial charge in [0, 0.05) is 0 Å². The van der Waals surface area contributed by atoms with Crippen molar-refractivity contribution in [3.8, 4) is 11.1 Å². The topological polar surface area (TPSA) is 24.4 Å². The standard InChI is InChI=1S/C20H18N2/c1-16(21-22-20-10-6-3-7-11-20)17-12-14-19(15-13-17)18-8-4-2-5-9-18/h2-15,22H,1H3/b21-16-. The third-order valence-corrected chi connectivity index (χ3v) is 3.54. The van der Waals surface area contributed by atoms with Gasteiger partial charge in [-0.1, -0.05) is 72.8 Å². The van der Waals surface area contributed by atoms with Crippen molar-refractivity contribution in [3.05, 3.63) is 90.5 Å². The van der Waals surface area contributed by atoms with Crippen LogP contribution in [0.15, 0.2) is 90.0 Å². The molecule has 0 aliphatic rings. The zero-order valence-electron chi connectivity index (χ0n) is 12.5. The van der Waals surface area contributed by atoms with Gasteiger partial charge in [0.15, 0.2) is 0 Å². The molecule has 0 aromatic heterocycles. The van der Waals surface area contributed by atoms with Crippen LogP contribution in [0.4, 0.5) is 5.69 Å². The lowest BCUT2D eigenvalue weighted by molar-refractivity contribution is 1.32. The van der Waals surface area contributed by atoms with Gasteiger partial charge in [-0.05, 0) is 35.7 Å². The molecule has 0 aliphatic heterocycles. The van der Waals surface area contributed by atoms with E-state index in [0.717, 1.165) is 17.0 Å². The molecule has 3 aromatic carbocycles. The maximum atomic E-state index is 4.43. The Morgan fingerprint density at radius 3 is 1.86 bits per heavy atom. The number of para-hydroxylation sites is 1. The SMILES string of the molecule is C/C(=N/Nc1ccccc1)c1ccc(-c2ccccc2)cc1. The highest BCUT2D eigenvalue weighted by molar-refractivity contribution is 5.99. The molecule has 2 heteroatoms. The third-order valence-electron chi connectivity index (χ3n) is 3.54. The second kappa shape index (κ2) is 6.72. The van der Waals surface area contributed by atoms with Crippen molar-refractivity contribution in [2.75, 3.05) is 5.43 Å². The predicted octanol–water partition coefficient (Wildman–Crippen LogP) is 5.19. The first-order valence-corrected chi connectivity index (χ1v) is 7.34. The molecule has 108 valence electrons. The van der Waals surface area contributed by atoms with Crippen LogP contribution in [0.3, 0.4) is 0 Å². The third kappa shape index (κ3) is 3.41. The Bertz CT molecular complexity index is 745. The summed E-state index contributed by atoms with van der Waals surface area (Å²) in [6.45, 7) is 2.01. The highest BCUT2D eigenvalue weighted by Gasteiger charge is 2.00. The quantitative estimate of drug-likeness (QED) is 0.518. The van der Waals surface area contributed by atoms with Gasteiger partial charge in [-0.3, -0.25) is 5.43 Å². The van der Waals surface area contributed by atoms with E-state index in [1.165, 1.54) is 11.1 Å². The summed E-state index contributed by atoms with van der Waals surface area (Å²) in [6, 6.07) is 28.8. The Morgan fingerprint density at radius 1 is 0.682 bits per heavy atom. The lowest BCUT2D eigenvalue weighted by atomic mass is 10.0. The van der Waals surface area contributed by atoms with E-state index < -0.39 is 0 Å². The zero-order valence-corrected chi connectivity index (χ0v) is 12.5. The number of nitrogens with one attached hydrogen (secondary N) is 1. The van der Waals surface area contributed by atoms with Crippen LogP contribution in [-0.2, 0) is 0 Å². The van der Waals surface area contributed by atoms with Gasteiger partial charge in [0.05, 0.1) is 11.4 Å². The maximum Gasteiger partial charge on any atom is 0.0648 e. The molecule has 22 heavy (non-hydrogen) atoms. The molecule has 0 spiro atoms. The van der Waals surface area contributed by atoms with E-state index in [1.807, 2.05) is 43.3 Å². The van der Waals surface area contributed by atoms with Crippen molar-refractivity contribution < 1.29 is 0 Å². The Morgan fingerprint density at radius 2 is 1.23 bits per heavy atom. The van der Waals surface area contributed by atoms with Gasteiger partial charge in [0.2, 0.25) is 0 Å². The van der Waals surface area contributed by atoms with Gasteiger partial charge in [0.1, 0.15) is 0 Å². The van der Waals surface area contributed by atoms with Crippen LogP contribution < -0.4 is 5.43 Å². The summed E-state index contributed by atoms with van der Waals surface area (Å²) in [7, 11) is 0. The Hall–Kier alpha value is -2.87. The molecule has 0 aliphatic carbocycles. The summed E-state index contributed by atoms with van der Waals surface area (Å²) in [5.74, 6) is 0. The van der Waals surface area contributed by atoms with Gasteiger partial charge >= 0.3 is 0 Å². The van der Waals surface area contributed by atoms with Crippen LogP contribution in [0.2, 0.25) is 0 Å². The van der Waals surface area contributed by atoms with Gasteiger partial charge in [0.25, 0.3) is 0 Å². The molecular formula is C20H18N2. The highest BCUT2D eigenvalue weighted by atomic mass is 15.3. The molecule has 0 fully saturated rings. The molecule has 0 radical (unpaired) electrons. The second-order valence-electron chi connectivity index (χ2n) is 5.12. The summed E-state index contributed by atoms with van der Waals surface area (Å²) in [4.78, 5) is 0. The molecule has 0 saturated heterocycles. The first-order valence-electron chi connectivity index (χ1n) is 7.34. The molecule has 2 nitrogen and oxygen atoms in total. The van der Waals surface area contributed by atoms with E-state index in [1.54, 1.807) is 0 Å². The minimum Gasteiger partial charge on any atom is -0.278 e.